The molecule has 1 aliphatic rings. The van der Waals surface area contributed by atoms with E-state index in [2.05, 4.69) is 17.3 Å². The molecule has 1 aromatic rings. The zero-order valence-corrected chi connectivity index (χ0v) is 11.9. The lowest BCUT2D eigenvalue weighted by Crippen LogP contribution is -2.53. The molecule has 1 aromatic heterocycles. The first-order valence-corrected chi connectivity index (χ1v) is 6.93. The molecule has 1 saturated carbocycles. The third kappa shape index (κ3) is 3.07. The van der Waals surface area contributed by atoms with Crippen LogP contribution >= 0.6 is 0 Å². The van der Waals surface area contributed by atoms with E-state index in [-0.39, 0.29) is 23.8 Å². The molecule has 0 unspecified atom stereocenters. The number of carbonyl (C=O) groups is 1. The highest BCUT2D eigenvalue weighted by molar-refractivity contribution is 5.92. The van der Waals surface area contributed by atoms with Crippen LogP contribution in [0.4, 0.5) is 0 Å². The second kappa shape index (κ2) is 5.75. The second-order valence-electron chi connectivity index (χ2n) is 5.76. The van der Waals surface area contributed by atoms with E-state index in [0.29, 0.717) is 5.92 Å². The van der Waals surface area contributed by atoms with Gasteiger partial charge in [0.2, 0.25) is 0 Å². The molecule has 6 nitrogen and oxygen atoms in total. The molecule has 0 atom stereocenters. The summed E-state index contributed by atoms with van der Waals surface area (Å²) in [4.78, 5) is 23.5. The minimum atomic E-state index is -0.556. The molecule has 0 radical (unpaired) electrons. The molecule has 1 amide bonds. The van der Waals surface area contributed by atoms with Crippen molar-refractivity contribution in [1.82, 2.24) is 15.1 Å². The lowest BCUT2D eigenvalue weighted by atomic mass is 9.77. The maximum Gasteiger partial charge on any atom is 0.272 e. The highest BCUT2D eigenvalue weighted by Gasteiger charge is 2.35. The van der Waals surface area contributed by atoms with Crippen molar-refractivity contribution in [3.63, 3.8) is 0 Å². The molecule has 1 heterocycles. The molecule has 0 aliphatic heterocycles. The fraction of sp³-hybridized carbons (Fsp3) is 0.643. The van der Waals surface area contributed by atoms with Gasteiger partial charge in [0, 0.05) is 13.1 Å². The van der Waals surface area contributed by atoms with Gasteiger partial charge in [-0.05, 0) is 37.7 Å². The molecule has 0 aromatic carbocycles. The Morgan fingerprint density at radius 2 is 2.15 bits per heavy atom. The van der Waals surface area contributed by atoms with Gasteiger partial charge >= 0.3 is 0 Å². The maximum atomic E-state index is 12.2. The van der Waals surface area contributed by atoms with E-state index in [1.54, 1.807) is 0 Å². The van der Waals surface area contributed by atoms with Gasteiger partial charge in [-0.2, -0.15) is 5.10 Å². The minimum absolute atomic E-state index is 0.0722. The van der Waals surface area contributed by atoms with Crippen molar-refractivity contribution in [1.29, 1.82) is 0 Å². The van der Waals surface area contributed by atoms with Crippen molar-refractivity contribution >= 4 is 5.91 Å². The summed E-state index contributed by atoms with van der Waals surface area (Å²) in [7, 11) is 1.50. The summed E-state index contributed by atoms with van der Waals surface area (Å²) in [6, 6.07) is 2.73. The van der Waals surface area contributed by atoms with E-state index in [1.807, 2.05) is 0 Å². The number of aryl methyl sites for hydroxylation is 1. The number of carbonyl (C=O) groups excluding carboxylic acids is 1. The van der Waals surface area contributed by atoms with Crippen molar-refractivity contribution in [2.24, 2.45) is 13.0 Å². The van der Waals surface area contributed by atoms with E-state index in [9.17, 15) is 14.7 Å². The van der Waals surface area contributed by atoms with Crippen LogP contribution in [-0.2, 0) is 7.05 Å². The fourth-order valence-electron chi connectivity index (χ4n) is 2.57. The predicted octanol–water partition coefficient (Wildman–Crippen LogP) is 0.451. The van der Waals surface area contributed by atoms with Crippen LogP contribution < -0.4 is 10.9 Å². The molecule has 1 aliphatic carbocycles. The van der Waals surface area contributed by atoms with Crippen molar-refractivity contribution in [3.05, 3.63) is 28.2 Å². The van der Waals surface area contributed by atoms with Crippen LogP contribution in [0.1, 0.15) is 43.1 Å². The molecule has 0 saturated heterocycles. The topological polar surface area (TPSA) is 84.2 Å². The van der Waals surface area contributed by atoms with Crippen molar-refractivity contribution in [2.75, 3.05) is 6.61 Å². The van der Waals surface area contributed by atoms with Crippen LogP contribution in [0, 0.1) is 5.92 Å². The van der Waals surface area contributed by atoms with Crippen molar-refractivity contribution in [3.8, 4) is 0 Å². The number of amides is 1. The molecular weight excluding hydrogens is 258 g/mol. The third-order valence-corrected chi connectivity index (χ3v) is 4.11. The quantitative estimate of drug-likeness (QED) is 0.841. The average Bonchev–Trinajstić information content (AvgIpc) is 2.44. The maximum absolute atomic E-state index is 12.2. The monoisotopic (exact) mass is 279 g/mol. The number of rotatable bonds is 3. The molecular formula is C14H21N3O3. The van der Waals surface area contributed by atoms with E-state index in [1.165, 1.54) is 19.2 Å². The van der Waals surface area contributed by atoms with E-state index in [4.69, 9.17) is 0 Å². The summed E-state index contributed by atoms with van der Waals surface area (Å²) >= 11 is 0. The van der Waals surface area contributed by atoms with Crippen LogP contribution in [-0.4, -0.2) is 32.9 Å². The van der Waals surface area contributed by atoms with Gasteiger partial charge in [-0.3, -0.25) is 9.59 Å². The Balaban J connectivity index is 2.13. The van der Waals surface area contributed by atoms with Gasteiger partial charge in [0.1, 0.15) is 5.69 Å². The van der Waals surface area contributed by atoms with Gasteiger partial charge in [-0.1, -0.05) is 6.92 Å². The van der Waals surface area contributed by atoms with Crippen LogP contribution in [0.2, 0.25) is 0 Å². The Morgan fingerprint density at radius 3 is 2.70 bits per heavy atom. The number of aliphatic hydroxyl groups is 1. The number of nitrogens with zero attached hydrogens (tertiary/aromatic N) is 2. The number of nitrogens with one attached hydrogen (secondary N) is 1. The molecule has 0 spiro atoms. The summed E-state index contributed by atoms with van der Waals surface area (Å²) < 4.78 is 1.13. The summed E-state index contributed by atoms with van der Waals surface area (Å²) in [6.45, 7) is 2.11. The Hall–Kier alpha value is -1.69. The van der Waals surface area contributed by atoms with Crippen LogP contribution in [0.15, 0.2) is 16.9 Å². The van der Waals surface area contributed by atoms with E-state index in [0.717, 1.165) is 30.4 Å². The average molecular weight is 279 g/mol. The van der Waals surface area contributed by atoms with Gasteiger partial charge in [0.15, 0.2) is 0 Å². The van der Waals surface area contributed by atoms with E-state index < -0.39 is 5.54 Å². The lowest BCUT2D eigenvalue weighted by Gasteiger charge is -2.38. The zero-order valence-electron chi connectivity index (χ0n) is 11.9. The molecule has 0 bridgehead atoms. The molecule has 110 valence electrons. The van der Waals surface area contributed by atoms with E-state index >= 15 is 0 Å². The van der Waals surface area contributed by atoms with Crippen LogP contribution in [0.5, 0.6) is 0 Å². The molecule has 2 rings (SSSR count). The highest BCUT2D eigenvalue weighted by Crippen LogP contribution is 2.31. The van der Waals surface area contributed by atoms with Gasteiger partial charge < -0.3 is 10.4 Å². The smallest absolute Gasteiger partial charge is 0.272 e. The molecule has 20 heavy (non-hydrogen) atoms. The predicted molar refractivity (Wildman–Crippen MR) is 74.4 cm³/mol. The number of aromatic nitrogens is 2. The molecule has 6 heteroatoms. The zero-order chi connectivity index (χ0) is 14.8. The lowest BCUT2D eigenvalue weighted by molar-refractivity contribution is 0.0710. The Morgan fingerprint density at radius 1 is 1.50 bits per heavy atom. The standard InChI is InChI=1S/C14H21N3O3/c1-10-5-7-14(9-18,8-6-10)15-13(20)11-3-4-12(19)17(2)16-11/h3-4,10,18H,5-9H2,1-2H3,(H,15,20). The summed E-state index contributed by atoms with van der Waals surface area (Å²) in [5.41, 5.74) is -0.622. The van der Waals surface area contributed by atoms with Gasteiger partial charge in [0.05, 0.1) is 12.1 Å². The first-order chi connectivity index (χ1) is 9.46. The number of hydrogen-bond acceptors (Lipinski definition) is 4. The van der Waals surface area contributed by atoms with Crippen LogP contribution in [0.25, 0.3) is 0 Å². The minimum Gasteiger partial charge on any atom is -0.394 e. The van der Waals surface area contributed by atoms with Gasteiger partial charge in [0.25, 0.3) is 11.5 Å². The number of aliphatic hydroxyl groups excluding tert-OH is 1. The van der Waals surface area contributed by atoms with Crippen molar-refractivity contribution < 1.29 is 9.90 Å². The van der Waals surface area contributed by atoms with Crippen molar-refractivity contribution in [2.45, 2.75) is 38.1 Å². The Bertz CT molecular complexity index is 545. The van der Waals surface area contributed by atoms with Gasteiger partial charge in [-0.15, -0.1) is 0 Å². The normalized spacial score (nSPS) is 26.2. The third-order valence-electron chi connectivity index (χ3n) is 4.11. The largest absolute Gasteiger partial charge is 0.394 e. The summed E-state index contributed by atoms with van der Waals surface area (Å²) in [5.74, 6) is 0.284. The number of hydrogen-bond donors (Lipinski definition) is 2. The summed E-state index contributed by atoms with van der Waals surface area (Å²) in [5, 5.41) is 16.5. The first-order valence-electron chi connectivity index (χ1n) is 6.93. The van der Waals surface area contributed by atoms with Crippen LogP contribution in [0.3, 0.4) is 0 Å². The summed E-state index contributed by atoms with van der Waals surface area (Å²) in [6.07, 6.45) is 3.51. The first kappa shape index (κ1) is 14.7. The van der Waals surface area contributed by atoms with Gasteiger partial charge in [-0.25, -0.2) is 4.68 Å². The Labute approximate surface area is 117 Å². The second-order valence-corrected chi connectivity index (χ2v) is 5.76. The highest BCUT2D eigenvalue weighted by atomic mass is 16.3. The molecule has 2 N–H and O–H groups in total. The SMILES string of the molecule is CC1CCC(CO)(NC(=O)c2ccc(=O)n(C)n2)CC1. The fourth-order valence-corrected chi connectivity index (χ4v) is 2.57. The molecule has 1 fully saturated rings. The Kier molecular flexibility index (Phi) is 4.23.